The van der Waals surface area contributed by atoms with Gasteiger partial charge in [-0.25, -0.2) is 4.79 Å². The Bertz CT molecular complexity index is 572. The molecule has 0 aromatic carbocycles. The summed E-state index contributed by atoms with van der Waals surface area (Å²) in [5.74, 6) is -1.55. The van der Waals surface area contributed by atoms with Gasteiger partial charge in [0.25, 0.3) is 0 Å². The number of anilines is 1. The number of ether oxygens (including phenoxy) is 2. The molecule has 0 radical (unpaired) electrons. The highest BCUT2D eigenvalue weighted by Gasteiger charge is 2.52. The lowest BCUT2D eigenvalue weighted by Gasteiger charge is -2.29. The number of nitrogen functional groups attached to an aromatic ring is 1. The fraction of sp³-hybridized carbons (Fsp3) is 0.500. The fourth-order valence-electron chi connectivity index (χ4n) is 2.11. The second-order valence-electron chi connectivity index (χ2n) is 4.39. The van der Waals surface area contributed by atoms with Gasteiger partial charge in [-0.15, -0.1) is 0 Å². The molecule has 0 spiro atoms. The quantitative estimate of drug-likeness (QED) is 0.606. The van der Waals surface area contributed by atoms with Crippen LogP contribution >= 0.6 is 0 Å². The molecule has 110 valence electrons. The molecular formula is C12H17N3O5. The summed E-state index contributed by atoms with van der Waals surface area (Å²) in [6, 6.07) is 1.42. The molecule has 0 unspecified atom stereocenters. The minimum Gasteiger partial charge on any atom is -0.391 e. The van der Waals surface area contributed by atoms with Gasteiger partial charge in [0.15, 0.2) is 6.23 Å². The van der Waals surface area contributed by atoms with Gasteiger partial charge in [0, 0.05) is 18.4 Å². The van der Waals surface area contributed by atoms with Crippen molar-refractivity contribution in [1.82, 2.24) is 9.55 Å². The van der Waals surface area contributed by atoms with Gasteiger partial charge < -0.3 is 25.4 Å². The molecule has 1 aromatic heterocycles. The summed E-state index contributed by atoms with van der Waals surface area (Å²) in [6.45, 7) is 5.03. The van der Waals surface area contributed by atoms with Crippen LogP contribution in [0.4, 0.5) is 5.82 Å². The van der Waals surface area contributed by atoms with E-state index in [0.717, 1.165) is 4.57 Å². The number of aromatic nitrogens is 2. The Morgan fingerprint density at radius 3 is 2.95 bits per heavy atom. The van der Waals surface area contributed by atoms with Crippen molar-refractivity contribution >= 4 is 5.82 Å². The summed E-state index contributed by atoms with van der Waals surface area (Å²) in [6.07, 6.45) is -0.863. The Hall–Kier alpha value is -1.74. The zero-order valence-electron chi connectivity index (χ0n) is 11.0. The first-order chi connectivity index (χ1) is 9.45. The highest BCUT2D eigenvalue weighted by atomic mass is 16.7. The van der Waals surface area contributed by atoms with Crippen LogP contribution in [0.15, 0.2) is 29.2 Å². The first-order valence-corrected chi connectivity index (χ1v) is 6.09. The van der Waals surface area contributed by atoms with Crippen LogP contribution in [-0.4, -0.2) is 44.9 Å². The summed E-state index contributed by atoms with van der Waals surface area (Å²) < 4.78 is 11.9. The highest BCUT2D eigenvalue weighted by molar-refractivity contribution is 5.25. The van der Waals surface area contributed by atoms with E-state index in [1.165, 1.54) is 12.3 Å². The molecule has 2 heterocycles. The molecule has 1 aliphatic heterocycles. The van der Waals surface area contributed by atoms with E-state index in [4.69, 9.17) is 15.2 Å². The number of hydrogen-bond acceptors (Lipinski definition) is 7. The number of nitrogens with two attached hydrogens (primary N) is 1. The Morgan fingerprint density at radius 1 is 1.70 bits per heavy atom. The van der Waals surface area contributed by atoms with Gasteiger partial charge in [-0.2, -0.15) is 4.98 Å². The number of aliphatic hydroxyl groups is 2. The average molecular weight is 283 g/mol. The average Bonchev–Trinajstić information content (AvgIpc) is 2.65. The van der Waals surface area contributed by atoms with Crippen molar-refractivity contribution in [2.75, 3.05) is 18.9 Å². The molecule has 20 heavy (non-hydrogen) atoms. The smallest absolute Gasteiger partial charge is 0.351 e. The van der Waals surface area contributed by atoms with E-state index in [2.05, 4.69) is 11.6 Å². The molecule has 1 aromatic rings. The molecule has 0 aliphatic carbocycles. The Kier molecular flexibility index (Phi) is 3.91. The molecule has 1 fully saturated rings. The maximum atomic E-state index is 11.8. The number of hydrogen-bond donors (Lipinski definition) is 3. The maximum Gasteiger partial charge on any atom is 0.351 e. The Balaban J connectivity index is 2.40. The monoisotopic (exact) mass is 283 g/mol. The fourth-order valence-corrected chi connectivity index (χ4v) is 2.11. The van der Waals surface area contributed by atoms with E-state index in [0.29, 0.717) is 0 Å². The molecule has 1 aliphatic rings. The van der Waals surface area contributed by atoms with Crippen LogP contribution in [0.3, 0.4) is 0 Å². The van der Waals surface area contributed by atoms with Gasteiger partial charge in [0.1, 0.15) is 18.5 Å². The van der Waals surface area contributed by atoms with Crippen LogP contribution < -0.4 is 11.4 Å². The molecule has 0 bridgehead atoms. The molecule has 2 rings (SSSR count). The lowest BCUT2D eigenvalue weighted by molar-refractivity contribution is -0.279. The van der Waals surface area contributed by atoms with Crippen LogP contribution in [0.2, 0.25) is 0 Å². The van der Waals surface area contributed by atoms with E-state index in [1.807, 2.05) is 0 Å². The molecule has 0 amide bonds. The van der Waals surface area contributed by atoms with Crippen molar-refractivity contribution in [2.45, 2.75) is 25.0 Å². The first kappa shape index (κ1) is 14.7. The van der Waals surface area contributed by atoms with Crippen LogP contribution in [-0.2, 0) is 9.47 Å². The van der Waals surface area contributed by atoms with E-state index in [9.17, 15) is 15.0 Å². The number of rotatable bonds is 4. The predicted molar refractivity (Wildman–Crippen MR) is 69.6 cm³/mol. The van der Waals surface area contributed by atoms with Gasteiger partial charge in [-0.1, -0.05) is 6.58 Å². The largest absolute Gasteiger partial charge is 0.391 e. The normalized spacial score (nSPS) is 29.9. The minimum absolute atomic E-state index is 0.0774. The predicted octanol–water partition coefficient (Wildman–Crippen LogP) is -1.00. The highest BCUT2D eigenvalue weighted by Crippen LogP contribution is 2.40. The van der Waals surface area contributed by atoms with E-state index in [-0.39, 0.29) is 18.0 Å². The molecule has 3 atom stereocenters. The van der Waals surface area contributed by atoms with Gasteiger partial charge in [-0.05, 0) is 13.0 Å². The molecule has 1 saturated heterocycles. The molecule has 0 saturated carbocycles. The van der Waals surface area contributed by atoms with E-state index >= 15 is 0 Å². The van der Waals surface area contributed by atoms with Crippen LogP contribution in [0, 0.1) is 0 Å². The van der Waals surface area contributed by atoms with E-state index < -0.39 is 30.4 Å². The SMILES string of the molecule is C=C1[C@H](n2ccc(N)nc2=O)O[C@@](CO)(OCC)[C@H]1O. The summed E-state index contributed by atoms with van der Waals surface area (Å²) in [4.78, 5) is 15.4. The van der Waals surface area contributed by atoms with Crippen molar-refractivity contribution in [1.29, 1.82) is 0 Å². The molecule has 8 heteroatoms. The number of aliphatic hydroxyl groups excluding tert-OH is 2. The standard InChI is InChI=1S/C12H17N3O5/c1-3-19-12(6-16)9(17)7(2)10(20-12)15-5-4-8(13)14-11(15)18/h4-5,9-10,16-17H,2-3,6H2,1H3,(H2,13,14,18)/t9-,10+,12+/m0/s1. The maximum absolute atomic E-state index is 11.8. The van der Waals surface area contributed by atoms with Crippen molar-refractivity contribution in [3.8, 4) is 0 Å². The number of nitrogens with zero attached hydrogens (tertiary/aromatic N) is 2. The lowest BCUT2D eigenvalue weighted by atomic mass is 10.1. The van der Waals surface area contributed by atoms with Crippen LogP contribution in [0.1, 0.15) is 13.2 Å². The Morgan fingerprint density at radius 2 is 2.40 bits per heavy atom. The molecular weight excluding hydrogens is 266 g/mol. The third kappa shape index (κ3) is 2.22. The van der Waals surface area contributed by atoms with Gasteiger partial charge in [-0.3, -0.25) is 4.57 Å². The third-order valence-electron chi connectivity index (χ3n) is 3.11. The minimum atomic E-state index is -1.63. The van der Waals surface area contributed by atoms with Crippen LogP contribution in [0.5, 0.6) is 0 Å². The third-order valence-corrected chi connectivity index (χ3v) is 3.11. The lowest BCUT2D eigenvalue weighted by Crippen LogP contribution is -2.46. The van der Waals surface area contributed by atoms with Crippen molar-refractivity contribution in [3.63, 3.8) is 0 Å². The van der Waals surface area contributed by atoms with Crippen molar-refractivity contribution in [3.05, 3.63) is 34.9 Å². The summed E-state index contributed by atoms with van der Waals surface area (Å²) >= 11 is 0. The Labute approximate surface area is 115 Å². The van der Waals surface area contributed by atoms with Crippen LogP contribution in [0.25, 0.3) is 0 Å². The van der Waals surface area contributed by atoms with Crippen molar-refractivity contribution in [2.24, 2.45) is 0 Å². The summed E-state index contributed by atoms with van der Waals surface area (Å²) in [5.41, 5.74) is 4.96. The van der Waals surface area contributed by atoms with Crippen molar-refractivity contribution < 1.29 is 19.7 Å². The van der Waals surface area contributed by atoms with Gasteiger partial charge in [0.05, 0.1) is 0 Å². The zero-order valence-corrected chi connectivity index (χ0v) is 11.0. The summed E-state index contributed by atoms with van der Waals surface area (Å²) in [5, 5.41) is 19.6. The first-order valence-electron chi connectivity index (χ1n) is 6.09. The van der Waals surface area contributed by atoms with E-state index in [1.54, 1.807) is 6.92 Å². The molecule has 4 N–H and O–H groups in total. The molecule has 8 nitrogen and oxygen atoms in total. The topological polar surface area (TPSA) is 120 Å². The summed E-state index contributed by atoms with van der Waals surface area (Å²) in [7, 11) is 0. The second kappa shape index (κ2) is 5.33. The zero-order chi connectivity index (χ0) is 14.9. The second-order valence-corrected chi connectivity index (χ2v) is 4.39. The van der Waals surface area contributed by atoms with Gasteiger partial charge >= 0.3 is 5.69 Å². The van der Waals surface area contributed by atoms with Gasteiger partial charge in [0.2, 0.25) is 5.79 Å².